The molecule has 4 aromatic rings. The van der Waals surface area contributed by atoms with Crippen molar-refractivity contribution in [1.29, 1.82) is 0 Å². The van der Waals surface area contributed by atoms with Gasteiger partial charge < -0.3 is 0 Å². The van der Waals surface area contributed by atoms with Gasteiger partial charge in [0.15, 0.2) is 0 Å². The van der Waals surface area contributed by atoms with Gasteiger partial charge in [-0.05, 0) is 39.8 Å². The molecule has 1 aromatic heterocycles. The topological polar surface area (TPSA) is 0 Å². The first kappa shape index (κ1) is 16.6. The number of benzene rings is 3. The van der Waals surface area contributed by atoms with E-state index in [4.69, 9.17) is 0 Å². The third kappa shape index (κ3) is 3.30. The van der Waals surface area contributed by atoms with Gasteiger partial charge in [-0.1, -0.05) is 78.9 Å². The smallest absolute Gasteiger partial charge is 0.0349 e. The van der Waals surface area contributed by atoms with E-state index in [9.17, 15) is 0 Å². The Labute approximate surface area is 153 Å². The van der Waals surface area contributed by atoms with Gasteiger partial charge in [-0.25, -0.2) is 0 Å². The van der Waals surface area contributed by atoms with E-state index in [-0.39, 0.29) is 13.5 Å². The summed E-state index contributed by atoms with van der Waals surface area (Å²) in [5.74, 6) is 0. The fourth-order valence-electron chi connectivity index (χ4n) is 2.86. The first-order chi connectivity index (χ1) is 11.4. The highest BCUT2D eigenvalue weighted by molar-refractivity contribution is 7.59. The second-order valence-corrected chi connectivity index (χ2v) is 6.42. The van der Waals surface area contributed by atoms with E-state index in [0.29, 0.717) is 0 Å². The van der Waals surface area contributed by atoms with Crippen LogP contribution in [0, 0.1) is 0 Å². The molecule has 118 valence electrons. The fraction of sp³-hybridized carbons (Fsp3) is 0. The van der Waals surface area contributed by atoms with Crippen LogP contribution in [0.4, 0.5) is 0 Å². The zero-order valence-electron chi connectivity index (χ0n) is 13.1. The van der Waals surface area contributed by atoms with Crippen LogP contribution in [-0.4, -0.2) is 0 Å². The summed E-state index contributed by atoms with van der Waals surface area (Å²) >= 11 is 1.79. The lowest BCUT2D eigenvalue weighted by molar-refractivity contribution is 1.59. The standard InChI is InChI=1S/C22H16S.H2S/c1-3-8-17(9-4-1)19-13-14-20(18-10-5-2-6-11-18)21(16-19)22-12-7-15-23-22;/h1-16H;1H2. The van der Waals surface area contributed by atoms with Crippen LogP contribution in [0.3, 0.4) is 0 Å². The molecule has 0 aliphatic carbocycles. The number of thiophene rings is 1. The third-order valence-corrected chi connectivity index (χ3v) is 4.90. The van der Waals surface area contributed by atoms with Crippen LogP contribution in [0.25, 0.3) is 32.7 Å². The number of hydrogen-bond acceptors (Lipinski definition) is 1. The SMILES string of the molecule is S.c1ccc(-c2ccc(-c3ccccc3)c(-c3cccs3)c2)cc1. The molecule has 0 aliphatic heterocycles. The Morgan fingerprint density at radius 1 is 0.500 bits per heavy atom. The van der Waals surface area contributed by atoms with Crippen molar-refractivity contribution in [3.8, 4) is 32.7 Å². The zero-order chi connectivity index (χ0) is 15.5. The van der Waals surface area contributed by atoms with Crippen LogP contribution in [0.15, 0.2) is 96.4 Å². The van der Waals surface area contributed by atoms with Gasteiger partial charge in [0.2, 0.25) is 0 Å². The van der Waals surface area contributed by atoms with Gasteiger partial charge in [0.1, 0.15) is 0 Å². The molecule has 4 rings (SSSR count). The van der Waals surface area contributed by atoms with Gasteiger partial charge in [0, 0.05) is 10.4 Å². The van der Waals surface area contributed by atoms with Gasteiger partial charge >= 0.3 is 0 Å². The molecule has 0 fully saturated rings. The third-order valence-electron chi connectivity index (χ3n) is 4.00. The number of hydrogen-bond donors (Lipinski definition) is 0. The van der Waals surface area contributed by atoms with Crippen molar-refractivity contribution in [2.45, 2.75) is 0 Å². The maximum atomic E-state index is 2.31. The van der Waals surface area contributed by atoms with Crippen molar-refractivity contribution < 1.29 is 0 Å². The van der Waals surface area contributed by atoms with Crippen LogP contribution >= 0.6 is 24.8 Å². The van der Waals surface area contributed by atoms with E-state index in [1.165, 1.54) is 32.7 Å². The average molecular weight is 347 g/mol. The van der Waals surface area contributed by atoms with E-state index in [2.05, 4.69) is 96.4 Å². The highest BCUT2D eigenvalue weighted by Crippen LogP contribution is 2.37. The molecule has 0 radical (unpaired) electrons. The molecule has 0 aliphatic rings. The summed E-state index contributed by atoms with van der Waals surface area (Å²) in [5.41, 5.74) is 6.36. The average Bonchev–Trinajstić information content (AvgIpc) is 3.17. The Morgan fingerprint density at radius 3 is 1.79 bits per heavy atom. The highest BCUT2D eigenvalue weighted by atomic mass is 32.1. The van der Waals surface area contributed by atoms with Gasteiger partial charge in [-0.3, -0.25) is 0 Å². The summed E-state index contributed by atoms with van der Waals surface area (Å²) in [6, 6.07) is 32.2. The summed E-state index contributed by atoms with van der Waals surface area (Å²) in [5, 5.41) is 2.14. The Hall–Kier alpha value is -2.29. The van der Waals surface area contributed by atoms with E-state index < -0.39 is 0 Å². The van der Waals surface area contributed by atoms with Crippen LogP contribution in [0.2, 0.25) is 0 Å². The minimum absolute atomic E-state index is 0. The van der Waals surface area contributed by atoms with E-state index in [0.717, 1.165) is 0 Å². The van der Waals surface area contributed by atoms with Gasteiger partial charge in [-0.15, -0.1) is 11.3 Å². The number of rotatable bonds is 3. The second-order valence-electron chi connectivity index (χ2n) is 5.47. The molecule has 2 heteroatoms. The maximum absolute atomic E-state index is 2.31. The molecule has 0 saturated heterocycles. The minimum atomic E-state index is 0. The Bertz CT molecular complexity index is 895. The molecule has 3 aromatic carbocycles. The van der Waals surface area contributed by atoms with Crippen molar-refractivity contribution in [2.24, 2.45) is 0 Å². The van der Waals surface area contributed by atoms with Crippen molar-refractivity contribution in [2.75, 3.05) is 0 Å². The van der Waals surface area contributed by atoms with Crippen LogP contribution in [0.1, 0.15) is 0 Å². The van der Waals surface area contributed by atoms with Crippen molar-refractivity contribution in [3.05, 3.63) is 96.4 Å². The Morgan fingerprint density at radius 2 is 1.17 bits per heavy atom. The molecule has 0 bridgehead atoms. The first-order valence-corrected chi connectivity index (χ1v) is 8.58. The van der Waals surface area contributed by atoms with Crippen molar-refractivity contribution >= 4 is 24.8 Å². The molecule has 24 heavy (non-hydrogen) atoms. The van der Waals surface area contributed by atoms with Crippen molar-refractivity contribution in [3.63, 3.8) is 0 Å². The monoisotopic (exact) mass is 346 g/mol. The molecule has 0 saturated carbocycles. The molecule has 0 spiro atoms. The summed E-state index contributed by atoms with van der Waals surface area (Å²) < 4.78 is 0. The second kappa shape index (κ2) is 7.52. The van der Waals surface area contributed by atoms with Gasteiger partial charge in [0.25, 0.3) is 0 Å². The summed E-state index contributed by atoms with van der Waals surface area (Å²) in [6.45, 7) is 0. The van der Waals surface area contributed by atoms with E-state index in [1.807, 2.05) is 0 Å². The quantitative estimate of drug-likeness (QED) is 0.380. The molecule has 0 N–H and O–H groups in total. The van der Waals surface area contributed by atoms with Gasteiger partial charge in [-0.2, -0.15) is 13.5 Å². The van der Waals surface area contributed by atoms with E-state index in [1.54, 1.807) is 11.3 Å². The maximum Gasteiger partial charge on any atom is 0.0349 e. The molecular weight excluding hydrogens is 328 g/mol. The van der Waals surface area contributed by atoms with Gasteiger partial charge in [0.05, 0.1) is 0 Å². The predicted octanol–water partition coefficient (Wildman–Crippen LogP) is 6.86. The summed E-state index contributed by atoms with van der Waals surface area (Å²) in [4.78, 5) is 1.31. The zero-order valence-corrected chi connectivity index (χ0v) is 15.0. The van der Waals surface area contributed by atoms with Crippen LogP contribution in [-0.2, 0) is 0 Å². The lowest BCUT2D eigenvalue weighted by Crippen LogP contribution is -1.85. The molecule has 0 nitrogen and oxygen atoms in total. The molecule has 0 unspecified atom stereocenters. The van der Waals surface area contributed by atoms with Crippen LogP contribution in [0.5, 0.6) is 0 Å². The normalized spacial score (nSPS) is 10.2. The predicted molar refractivity (Wildman–Crippen MR) is 111 cm³/mol. The van der Waals surface area contributed by atoms with Crippen molar-refractivity contribution in [1.82, 2.24) is 0 Å². The lowest BCUT2D eigenvalue weighted by Gasteiger charge is -2.11. The first-order valence-electron chi connectivity index (χ1n) is 7.70. The molecular formula is C22H18S2. The Balaban J connectivity index is 0.00000169. The van der Waals surface area contributed by atoms with Crippen LogP contribution < -0.4 is 0 Å². The summed E-state index contributed by atoms with van der Waals surface area (Å²) in [6.07, 6.45) is 0. The lowest BCUT2D eigenvalue weighted by atomic mass is 9.94. The largest absolute Gasteiger partial charge is 0.197 e. The Kier molecular flexibility index (Phi) is 5.19. The summed E-state index contributed by atoms with van der Waals surface area (Å²) in [7, 11) is 0. The molecule has 0 amide bonds. The molecule has 0 atom stereocenters. The fourth-order valence-corrected chi connectivity index (χ4v) is 3.62. The highest BCUT2D eigenvalue weighted by Gasteiger charge is 2.10. The molecule has 1 heterocycles. The van der Waals surface area contributed by atoms with E-state index >= 15 is 0 Å². The minimum Gasteiger partial charge on any atom is -0.197 e.